The van der Waals surface area contributed by atoms with Crippen LogP contribution >= 0.6 is 0 Å². The van der Waals surface area contributed by atoms with Crippen LogP contribution in [0.5, 0.6) is 0 Å². The third-order valence-corrected chi connectivity index (χ3v) is 3.15. The van der Waals surface area contributed by atoms with Gasteiger partial charge in [0.05, 0.1) is 0 Å². The Hall–Kier alpha value is -0.176. The van der Waals surface area contributed by atoms with Gasteiger partial charge in [0, 0.05) is 13.5 Å². The summed E-state index contributed by atoms with van der Waals surface area (Å²) < 4.78 is 14.6. The largest absolute Gasteiger partial charge is 0.500 e. The molecule has 0 unspecified atom stereocenters. The second kappa shape index (κ2) is 6.94. The van der Waals surface area contributed by atoms with Gasteiger partial charge in [-0.25, -0.2) is 0 Å². The molecule has 0 aliphatic rings. The van der Waals surface area contributed by atoms with E-state index in [0.29, 0.717) is 6.61 Å². The molecule has 0 amide bonds. The van der Waals surface area contributed by atoms with Gasteiger partial charge in [-0.2, -0.15) is 0 Å². The van der Waals surface area contributed by atoms with Gasteiger partial charge in [0.2, 0.25) is 0 Å². The Morgan fingerprint density at radius 2 is 2.20 bits per heavy atom. The molecule has 0 radical (unpaired) electrons. The Labute approximate surface area is 65.0 Å². The lowest BCUT2D eigenvalue weighted by Crippen LogP contribution is -2.13. The molecule has 0 rings (SSSR count). The zero-order chi connectivity index (χ0) is 7.82. The van der Waals surface area contributed by atoms with E-state index < -0.39 is 20.0 Å². The van der Waals surface area contributed by atoms with E-state index in [-0.39, 0.29) is 5.97 Å². The SMILES string of the molecule is CCO[SiH2]O[SiH2]OC(C)=O. The maximum Gasteiger partial charge on any atom is 0.360 e. The molecule has 0 atom stereocenters. The number of hydrogen-bond donors (Lipinski definition) is 0. The van der Waals surface area contributed by atoms with Gasteiger partial charge in [-0.05, 0) is 6.92 Å². The Kier molecular flexibility index (Phi) is 6.81. The second-order valence-electron chi connectivity index (χ2n) is 1.57. The van der Waals surface area contributed by atoms with Crippen LogP contribution in [-0.2, 0) is 17.8 Å². The molecule has 0 aromatic rings. The topological polar surface area (TPSA) is 44.8 Å². The maximum absolute atomic E-state index is 10.2. The first kappa shape index (κ1) is 9.82. The highest BCUT2D eigenvalue weighted by molar-refractivity contribution is 6.35. The van der Waals surface area contributed by atoms with Crippen molar-refractivity contribution in [2.24, 2.45) is 0 Å². The smallest absolute Gasteiger partial charge is 0.360 e. The first-order valence-corrected chi connectivity index (χ1v) is 5.37. The lowest BCUT2D eigenvalue weighted by molar-refractivity contribution is -0.132. The summed E-state index contributed by atoms with van der Waals surface area (Å²) in [7, 11) is -1.92. The molecule has 60 valence electrons. The number of rotatable bonds is 5. The molecule has 0 heterocycles. The summed E-state index contributed by atoms with van der Waals surface area (Å²) in [5, 5.41) is 0. The standard InChI is InChI=1S/C4H12O4Si2/c1-3-6-9-8-10-7-4(2)5/h3,9-10H2,1-2H3. The van der Waals surface area contributed by atoms with Gasteiger partial charge in [-0.1, -0.05) is 0 Å². The molecule has 0 N–H and O–H groups in total. The van der Waals surface area contributed by atoms with Crippen molar-refractivity contribution in [2.75, 3.05) is 6.61 Å². The van der Waals surface area contributed by atoms with E-state index in [9.17, 15) is 4.79 Å². The summed E-state index contributed by atoms with van der Waals surface area (Å²) >= 11 is 0. The van der Waals surface area contributed by atoms with Crippen molar-refractivity contribution in [1.29, 1.82) is 0 Å². The maximum atomic E-state index is 10.2. The minimum Gasteiger partial charge on any atom is -0.500 e. The number of hydrogen-bond acceptors (Lipinski definition) is 4. The third-order valence-electron chi connectivity index (χ3n) is 0.716. The summed E-state index contributed by atoms with van der Waals surface area (Å²) in [4.78, 5) is 10.2. The summed E-state index contributed by atoms with van der Waals surface area (Å²) in [5.74, 6) is -0.267. The highest BCUT2D eigenvalue weighted by atomic mass is 28.3. The van der Waals surface area contributed by atoms with E-state index >= 15 is 0 Å². The van der Waals surface area contributed by atoms with Gasteiger partial charge in [-0.15, -0.1) is 0 Å². The summed E-state index contributed by atoms with van der Waals surface area (Å²) in [5.41, 5.74) is 0. The molecular formula is C4H12O4Si2. The summed E-state index contributed by atoms with van der Waals surface area (Å²) in [6, 6.07) is 0. The van der Waals surface area contributed by atoms with Crippen molar-refractivity contribution in [2.45, 2.75) is 13.8 Å². The van der Waals surface area contributed by atoms with Crippen molar-refractivity contribution in [3.63, 3.8) is 0 Å². The molecule has 0 aliphatic heterocycles. The van der Waals surface area contributed by atoms with Gasteiger partial charge in [0.1, 0.15) is 0 Å². The molecule has 0 saturated carbocycles. The molecule has 0 aliphatic carbocycles. The van der Waals surface area contributed by atoms with Crippen molar-refractivity contribution < 1.29 is 17.8 Å². The normalized spacial score (nSPS) is 11.8. The van der Waals surface area contributed by atoms with E-state index in [1.54, 1.807) is 0 Å². The molecule has 0 bridgehead atoms. The minimum atomic E-state index is -1.07. The van der Waals surface area contributed by atoms with Crippen LogP contribution in [0.25, 0.3) is 0 Å². The quantitative estimate of drug-likeness (QED) is 0.386. The molecule has 4 nitrogen and oxygen atoms in total. The molecule has 0 aromatic heterocycles. The zero-order valence-corrected chi connectivity index (χ0v) is 9.08. The molecule has 10 heavy (non-hydrogen) atoms. The van der Waals surface area contributed by atoms with Crippen LogP contribution in [0, 0.1) is 0 Å². The average molecular weight is 180 g/mol. The van der Waals surface area contributed by atoms with E-state index in [4.69, 9.17) is 8.54 Å². The fraction of sp³-hybridized carbons (Fsp3) is 0.750. The Morgan fingerprint density at radius 3 is 2.70 bits per heavy atom. The zero-order valence-electron chi connectivity index (χ0n) is 6.25. The van der Waals surface area contributed by atoms with Gasteiger partial charge >= 0.3 is 10.0 Å². The van der Waals surface area contributed by atoms with E-state index in [2.05, 4.69) is 4.43 Å². The van der Waals surface area contributed by atoms with E-state index in [1.807, 2.05) is 6.92 Å². The molecular weight excluding hydrogens is 168 g/mol. The molecule has 6 heteroatoms. The van der Waals surface area contributed by atoms with Gasteiger partial charge in [0.15, 0.2) is 0 Å². The summed E-state index contributed by atoms with van der Waals surface area (Å²) in [6.07, 6.45) is 0. The molecule has 0 saturated heterocycles. The highest BCUT2D eigenvalue weighted by Crippen LogP contribution is 1.75. The van der Waals surface area contributed by atoms with Gasteiger partial charge in [-0.3, -0.25) is 4.79 Å². The lowest BCUT2D eigenvalue weighted by atomic mass is 10.9. The van der Waals surface area contributed by atoms with Crippen molar-refractivity contribution in [3.8, 4) is 0 Å². The number of carbonyl (C=O) groups is 1. The molecule has 0 aromatic carbocycles. The predicted octanol–water partition coefficient (Wildman–Crippen LogP) is -1.40. The van der Waals surface area contributed by atoms with E-state index in [1.165, 1.54) is 6.92 Å². The monoisotopic (exact) mass is 180 g/mol. The first-order valence-electron chi connectivity index (χ1n) is 3.06. The average Bonchev–Trinajstić information content (AvgIpc) is 1.87. The van der Waals surface area contributed by atoms with Crippen molar-refractivity contribution in [3.05, 3.63) is 0 Å². The van der Waals surface area contributed by atoms with Crippen LogP contribution in [0.1, 0.15) is 13.8 Å². The van der Waals surface area contributed by atoms with Crippen molar-refractivity contribution >= 4 is 26.0 Å². The Balaban J connectivity index is 2.84. The van der Waals surface area contributed by atoms with Crippen LogP contribution in [0.4, 0.5) is 0 Å². The second-order valence-corrected chi connectivity index (χ2v) is 4.37. The van der Waals surface area contributed by atoms with Gasteiger partial charge in [0.25, 0.3) is 16.0 Å². The molecule has 0 fully saturated rings. The van der Waals surface area contributed by atoms with Gasteiger partial charge < -0.3 is 13.0 Å². The minimum absolute atomic E-state index is 0.267. The Bertz CT molecular complexity index is 97.3. The predicted molar refractivity (Wildman–Crippen MR) is 41.6 cm³/mol. The lowest BCUT2D eigenvalue weighted by Gasteiger charge is -2.02. The highest BCUT2D eigenvalue weighted by Gasteiger charge is 1.92. The van der Waals surface area contributed by atoms with Crippen LogP contribution < -0.4 is 0 Å². The third kappa shape index (κ3) is 7.82. The van der Waals surface area contributed by atoms with E-state index in [0.717, 1.165) is 0 Å². The van der Waals surface area contributed by atoms with Crippen LogP contribution in [0.2, 0.25) is 0 Å². The first-order chi connectivity index (χ1) is 4.77. The van der Waals surface area contributed by atoms with Crippen LogP contribution in [0.3, 0.4) is 0 Å². The fourth-order valence-electron chi connectivity index (χ4n) is 0.301. The number of carbonyl (C=O) groups excluding carboxylic acids is 1. The molecule has 0 spiro atoms. The van der Waals surface area contributed by atoms with Crippen LogP contribution in [0.15, 0.2) is 0 Å². The fourth-order valence-corrected chi connectivity index (χ4v) is 1.71. The van der Waals surface area contributed by atoms with Crippen molar-refractivity contribution in [1.82, 2.24) is 0 Å². The Morgan fingerprint density at radius 1 is 1.50 bits per heavy atom. The van der Waals surface area contributed by atoms with Crippen LogP contribution in [-0.4, -0.2) is 32.6 Å². The summed E-state index contributed by atoms with van der Waals surface area (Å²) in [6.45, 7) is 3.96.